The highest BCUT2D eigenvalue weighted by Crippen LogP contribution is 2.67. The van der Waals surface area contributed by atoms with Gasteiger partial charge in [-0.1, -0.05) is 76.9 Å². The second kappa shape index (κ2) is 11.9. The van der Waals surface area contributed by atoms with Gasteiger partial charge in [0.15, 0.2) is 5.78 Å². The Hall–Kier alpha value is -1.90. The van der Waals surface area contributed by atoms with Gasteiger partial charge in [-0.05, 0) is 104 Å². The van der Waals surface area contributed by atoms with E-state index in [1.165, 1.54) is 56.9 Å². The molecule has 37 heavy (non-hydrogen) atoms. The summed E-state index contributed by atoms with van der Waals surface area (Å²) in [4.78, 5) is 26.3. The summed E-state index contributed by atoms with van der Waals surface area (Å²) in [5.74, 6) is 2.82. The molecule has 0 N–H and O–H groups in total. The molecule has 4 unspecified atom stereocenters. The van der Waals surface area contributed by atoms with Crippen molar-refractivity contribution in [1.82, 2.24) is 0 Å². The molecule has 0 saturated heterocycles. The lowest BCUT2D eigenvalue weighted by Gasteiger charge is -2.60. The van der Waals surface area contributed by atoms with Crippen molar-refractivity contribution in [2.75, 3.05) is 0 Å². The molecule has 0 heterocycles. The Bertz CT molecular complexity index is 965. The van der Waals surface area contributed by atoms with E-state index in [4.69, 9.17) is 4.74 Å². The van der Waals surface area contributed by atoms with Crippen LogP contribution in [0.3, 0.4) is 0 Å². The molecule has 1 aromatic rings. The Morgan fingerprint density at radius 3 is 2.43 bits per heavy atom. The van der Waals surface area contributed by atoms with E-state index in [9.17, 15) is 9.59 Å². The molecule has 0 spiro atoms. The fourth-order valence-corrected chi connectivity index (χ4v) is 9.15. The van der Waals surface area contributed by atoms with Gasteiger partial charge in [0.05, 0.1) is 0 Å². The highest BCUT2D eigenvalue weighted by Gasteiger charge is 2.63. The minimum Gasteiger partial charge on any atom is -0.461 e. The lowest BCUT2D eigenvalue weighted by atomic mass is 9.43. The molecule has 7 atom stereocenters. The van der Waals surface area contributed by atoms with Gasteiger partial charge in [-0.3, -0.25) is 9.59 Å². The fraction of sp³-hybridized carbons (Fsp3) is 0.706. The molecule has 4 fully saturated rings. The number of allylic oxidation sites excluding steroid dienone is 2. The summed E-state index contributed by atoms with van der Waals surface area (Å²) in [5, 5.41) is 0. The maximum Gasteiger partial charge on any atom is 0.306 e. The van der Waals surface area contributed by atoms with Gasteiger partial charge < -0.3 is 4.74 Å². The van der Waals surface area contributed by atoms with Gasteiger partial charge in [-0.25, -0.2) is 0 Å². The predicted molar refractivity (Wildman–Crippen MR) is 151 cm³/mol. The van der Waals surface area contributed by atoms with Crippen molar-refractivity contribution in [3.63, 3.8) is 0 Å². The summed E-state index contributed by atoms with van der Waals surface area (Å²) in [6, 6.07) is 9.90. The van der Waals surface area contributed by atoms with E-state index in [0.29, 0.717) is 47.9 Å². The molecule has 204 valence electrons. The number of carbonyl (C=O) groups is 2. The Morgan fingerprint density at radius 1 is 0.973 bits per heavy atom. The van der Waals surface area contributed by atoms with Crippen molar-refractivity contribution >= 4 is 11.8 Å². The molecule has 0 radical (unpaired) electrons. The van der Waals surface area contributed by atoms with E-state index >= 15 is 0 Å². The van der Waals surface area contributed by atoms with Crippen LogP contribution in [0.4, 0.5) is 0 Å². The van der Waals surface area contributed by atoms with Crippen molar-refractivity contribution in [3.8, 4) is 0 Å². The number of fused-ring (bicyclic) bond motifs is 5. The summed E-state index contributed by atoms with van der Waals surface area (Å²) < 4.78 is 5.51. The maximum absolute atomic E-state index is 13.9. The zero-order valence-corrected chi connectivity index (χ0v) is 24.1. The first-order valence-corrected chi connectivity index (χ1v) is 15.3. The Balaban J connectivity index is 0.00000156. The number of ether oxygens (including phenoxy) is 1. The van der Waals surface area contributed by atoms with Crippen LogP contribution in [0.2, 0.25) is 0 Å². The largest absolute Gasteiger partial charge is 0.461 e. The van der Waals surface area contributed by atoms with Crippen molar-refractivity contribution in [2.45, 2.75) is 112 Å². The maximum atomic E-state index is 13.9. The van der Waals surface area contributed by atoms with E-state index in [0.717, 1.165) is 18.4 Å². The summed E-state index contributed by atoms with van der Waals surface area (Å²) >= 11 is 0. The summed E-state index contributed by atoms with van der Waals surface area (Å²) in [7, 11) is 0. The molecule has 3 nitrogen and oxygen atoms in total. The molecular formula is C34H50O3. The molecule has 0 bridgehead atoms. The molecule has 4 aliphatic carbocycles. The van der Waals surface area contributed by atoms with E-state index in [-0.39, 0.29) is 17.3 Å². The van der Waals surface area contributed by atoms with Crippen LogP contribution in [0.5, 0.6) is 0 Å². The Morgan fingerprint density at radius 2 is 1.70 bits per heavy atom. The van der Waals surface area contributed by atoms with Crippen LogP contribution in [0.1, 0.15) is 111 Å². The number of Topliss-reactive ketones (excluding diaryl/α,β-unsaturated/α-hetero) is 1. The van der Waals surface area contributed by atoms with Crippen LogP contribution in [-0.4, -0.2) is 11.8 Å². The highest BCUT2D eigenvalue weighted by molar-refractivity contribution is 5.99. The average Bonchev–Trinajstić information content (AvgIpc) is 3.26. The molecule has 0 aromatic heterocycles. The van der Waals surface area contributed by atoms with Crippen LogP contribution in [0.25, 0.3) is 0 Å². The van der Waals surface area contributed by atoms with Crippen LogP contribution >= 0.6 is 0 Å². The minimum absolute atomic E-state index is 0.0892. The van der Waals surface area contributed by atoms with Gasteiger partial charge in [-0.15, -0.1) is 0 Å². The predicted octanol–water partition coefficient (Wildman–Crippen LogP) is 8.71. The smallest absolute Gasteiger partial charge is 0.306 e. The van der Waals surface area contributed by atoms with Crippen LogP contribution < -0.4 is 0 Å². The summed E-state index contributed by atoms with van der Waals surface area (Å²) in [6.45, 7) is 11.5. The number of hydrogen-bond donors (Lipinski definition) is 0. The Kier molecular flexibility index (Phi) is 9.02. The molecule has 1 aromatic carbocycles. The van der Waals surface area contributed by atoms with Crippen molar-refractivity contribution in [2.24, 2.45) is 40.4 Å². The Labute approximate surface area is 225 Å². The lowest BCUT2D eigenvalue weighted by Crippen LogP contribution is -2.57. The van der Waals surface area contributed by atoms with Gasteiger partial charge in [0.25, 0.3) is 0 Å². The fourth-order valence-electron chi connectivity index (χ4n) is 9.15. The van der Waals surface area contributed by atoms with E-state index in [1.54, 1.807) is 0 Å². The first-order valence-electron chi connectivity index (χ1n) is 15.3. The third-order valence-corrected chi connectivity index (χ3v) is 11.0. The topological polar surface area (TPSA) is 43.4 Å². The number of esters is 1. The van der Waals surface area contributed by atoms with Crippen molar-refractivity contribution in [3.05, 3.63) is 47.5 Å². The van der Waals surface area contributed by atoms with Gasteiger partial charge in [-0.2, -0.15) is 0 Å². The lowest BCUT2D eigenvalue weighted by molar-refractivity contribution is -0.146. The zero-order valence-electron chi connectivity index (χ0n) is 24.1. The quantitative estimate of drug-likeness (QED) is 0.286. The summed E-state index contributed by atoms with van der Waals surface area (Å²) in [5.41, 5.74) is 2.75. The SMILES string of the molecule is C/C=C1/C(=O)C2C(CC[C@@]3(C)C2CC[C@@H]3CCCC(=O)OCc2ccccc2)[C@@]2(C)CCCCC12.CC. The van der Waals surface area contributed by atoms with Gasteiger partial charge >= 0.3 is 5.97 Å². The zero-order chi connectivity index (χ0) is 26.6. The highest BCUT2D eigenvalue weighted by atomic mass is 16.5. The van der Waals surface area contributed by atoms with Crippen LogP contribution in [-0.2, 0) is 20.9 Å². The second-order valence-electron chi connectivity index (χ2n) is 12.5. The van der Waals surface area contributed by atoms with Crippen LogP contribution in [0, 0.1) is 40.4 Å². The number of benzene rings is 1. The molecule has 0 aliphatic heterocycles. The second-order valence-corrected chi connectivity index (χ2v) is 12.5. The monoisotopic (exact) mass is 506 g/mol. The van der Waals surface area contributed by atoms with Crippen molar-refractivity contribution < 1.29 is 14.3 Å². The van der Waals surface area contributed by atoms with E-state index < -0.39 is 0 Å². The van der Waals surface area contributed by atoms with Crippen LogP contribution in [0.15, 0.2) is 42.0 Å². The van der Waals surface area contributed by atoms with Gasteiger partial charge in [0, 0.05) is 12.3 Å². The van der Waals surface area contributed by atoms with E-state index in [1.807, 2.05) is 44.2 Å². The third kappa shape index (κ3) is 5.21. The number of ketones is 1. The number of rotatable bonds is 6. The van der Waals surface area contributed by atoms with Gasteiger partial charge in [0.1, 0.15) is 6.61 Å². The van der Waals surface area contributed by atoms with Gasteiger partial charge in [0.2, 0.25) is 0 Å². The molecule has 4 saturated carbocycles. The third-order valence-electron chi connectivity index (χ3n) is 11.0. The average molecular weight is 507 g/mol. The van der Waals surface area contributed by atoms with Crippen molar-refractivity contribution in [1.29, 1.82) is 0 Å². The van der Waals surface area contributed by atoms with E-state index in [2.05, 4.69) is 26.8 Å². The first-order chi connectivity index (χ1) is 17.9. The molecule has 4 aliphatic rings. The summed E-state index contributed by atoms with van der Waals surface area (Å²) in [6.07, 6.45) is 14.6. The molecule has 0 amide bonds. The first kappa shape index (κ1) is 28.1. The molecule has 5 rings (SSSR count). The minimum atomic E-state index is -0.0892. The molecule has 3 heteroatoms. The normalized spacial score (nSPS) is 37.6. The number of carbonyl (C=O) groups excluding carboxylic acids is 2. The standard InChI is InChI=1S/C32H44O3.C2H6/c1-4-24-25-14-8-9-19-32(25,3)27-18-20-31(2)23(16-17-26(31)29(27)30(24)34)13-10-15-28(33)35-21-22-11-6-5-7-12-22;1-2/h4-7,11-12,23,25-27,29H,8-10,13-21H2,1-3H3;1-2H3/b24-4+;/t23-,25?,26?,27?,29?,31+,32-;/m0./s1. The molecular weight excluding hydrogens is 456 g/mol. The number of hydrogen-bond acceptors (Lipinski definition) is 3.